The third-order valence-corrected chi connectivity index (χ3v) is 6.22. The van der Waals surface area contributed by atoms with Crippen molar-refractivity contribution in [2.24, 2.45) is 5.73 Å². The van der Waals surface area contributed by atoms with E-state index in [2.05, 4.69) is 18.7 Å². The number of ether oxygens (including phenoxy) is 1. The molecule has 3 aromatic rings. The number of hydrogen-bond acceptors (Lipinski definition) is 4. The van der Waals surface area contributed by atoms with E-state index < -0.39 is 5.54 Å². The zero-order valence-electron chi connectivity index (χ0n) is 21.8. The van der Waals surface area contributed by atoms with Gasteiger partial charge in [-0.2, -0.15) is 0 Å². The topological polar surface area (TPSA) is 80.1 Å². The van der Waals surface area contributed by atoms with Gasteiger partial charge in [0.2, 0.25) is 0 Å². The maximum atomic E-state index is 13.5. The molecule has 0 aromatic heterocycles. The summed E-state index contributed by atoms with van der Waals surface area (Å²) >= 11 is 0. The van der Waals surface area contributed by atoms with Crippen molar-refractivity contribution in [3.05, 3.63) is 101 Å². The van der Waals surface area contributed by atoms with Gasteiger partial charge in [-0.3, -0.25) is 4.79 Å². The smallest absolute Gasteiger partial charge is 0.253 e. The summed E-state index contributed by atoms with van der Waals surface area (Å²) in [5.74, 6) is -0.0281. The predicted octanol–water partition coefficient (Wildman–Crippen LogP) is 5.62. The quantitative estimate of drug-likeness (QED) is 0.299. The van der Waals surface area contributed by atoms with Crippen LogP contribution in [0, 0.1) is 6.57 Å². The van der Waals surface area contributed by atoms with Crippen LogP contribution in [0.2, 0.25) is 0 Å². The van der Waals surface area contributed by atoms with Crippen molar-refractivity contribution < 1.29 is 14.6 Å². The predicted molar refractivity (Wildman–Crippen MR) is 148 cm³/mol. The van der Waals surface area contributed by atoms with Crippen LogP contribution in [0.15, 0.2) is 72.8 Å². The fourth-order valence-corrected chi connectivity index (χ4v) is 4.43. The van der Waals surface area contributed by atoms with Crippen molar-refractivity contribution in [1.82, 2.24) is 4.90 Å². The summed E-state index contributed by atoms with van der Waals surface area (Å²) in [6.07, 6.45) is 2.24. The molecule has 0 bridgehead atoms. The third kappa shape index (κ3) is 7.74. The second-order valence-electron chi connectivity index (χ2n) is 9.52. The molecule has 0 saturated carbocycles. The molecular formula is C31H37N3O3. The Bertz CT molecular complexity index is 1200. The van der Waals surface area contributed by atoms with E-state index in [4.69, 9.17) is 17.0 Å². The molecule has 0 aliphatic carbocycles. The van der Waals surface area contributed by atoms with Gasteiger partial charge in [0, 0.05) is 18.7 Å². The summed E-state index contributed by atoms with van der Waals surface area (Å²) in [4.78, 5) is 19.0. The molecule has 6 heteroatoms. The molecule has 0 radical (unpaired) electrons. The number of aliphatic hydroxyl groups is 1. The molecule has 0 spiro atoms. The van der Waals surface area contributed by atoms with Gasteiger partial charge < -0.3 is 20.5 Å². The Hall–Kier alpha value is -3.50. The van der Waals surface area contributed by atoms with E-state index in [1.165, 1.54) is 0 Å². The van der Waals surface area contributed by atoms with Gasteiger partial charge in [0.1, 0.15) is 0 Å². The molecule has 37 heavy (non-hydrogen) atoms. The Kier molecular flexibility index (Phi) is 10.4. The normalized spacial score (nSPS) is 12.5. The van der Waals surface area contributed by atoms with E-state index >= 15 is 0 Å². The lowest BCUT2D eigenvalue weighted by Crippen LogP contribution is -2.50. The first-order valence-electron chi connectivity index (χ1n) is 12.8. The van der Waals surface area contributed by atoms with Crippen LogP contribution < -0.4 is 5.73 Å². The largest absolute Gasteiger partial charge is 0.394 e. The van der Waals surface area contributed by atoms with E-state index in [-0.39, 0.29) is 25.7 Å². The SMILES string of the molecule is [C-]#[N+]c1ccccc1-c1cc(COCC(N)(CO)Cc2ccccc2)cc(C(=O)N(CCC)CCC)c1. The van der Waals surface area contributed by atoms with Gasteiger partial charge in [-0.15, -0.1) is 0 Å². The van der Waals surface area contributed by atoms with E-state index in [9.17, 15) is 9.90 Å². The molecule has 0 aliphatic heterocycles. The van der Waals surface area contributed by atoms with Crippen LogP contribution in [-0.4, -0.2) is 47.8 Å². The number of amides is 1. The van der Waals surface area contributed by atoms with Crippen LogP contribution >= 0.6 is 0 Å². The summed E-state index contributed by atoms with van der Waals surface area (Å²) in [6, 6.07) is 22.9. The van der Waals surface area contributed by atoms with Crippen molar-refractivity contribution >= 4 is 11.6 Å². The molecule has 0 aliphatic rings. The number of nitrogens with two attached hydrogens (primary N) is 1. The van der Waals surface area contributed by atoms with Gasteiger partial charge in [-0.05, 0) is 53.6 Å². The minimum absolute atomic E-state index is 0.0281. The molecule has 0 saturated heterocycles. The highest BCUT2D eigenvalue weighted by atomic mass is 16.5. The first-order valence-corrected chi connectivity index (χ1v) is 12.8. The zero-order valence-corrected chi connectivity index (χ0v) is 21.8. The Morgan fingerprint density at radius 3 is 2.32 bits per heavy atom. The number of benzene rings is 3. The maximum absolute atomic E-state index is 13.5. The highest BCUT2D eigenvalue weighted by molar-refractivity contribution is 5.96. The lowest BCUT2D eigenvalue weighted by atomic mass is 9.93. The second kappa shape index (κ2) is 13.7. The molecule has 3 aromatic carbocycles. The molecule has 3 N–H and O–H groups in total. The number of nitrogens with zero attached hydrogens (tertiary/aromatic N) is 2. The molecule has 1 unspecified atom stereocenters. The number of carbonyl (C=O) groups excluding carboxylic acids is 1. The fourth-order valence-electron chi connectivity index (χ4n) is 4.43. The van der Waals surface area contributed by atoms with Crippen LogP contribution in [0.4, 0.5) is 5.69 Å². The van der Waals surface area contributed by atoms with E-state index in [0.29, 0.717) is 30.8 Å². The monoisotopic (exact) mass is 499 g/mol. The number of rotatable bonds is 13. The lowest BCUT2D eigenvalue weighted by molar-refractivity contribution is 0.0457. The summed E-state index contributed by atoms with van der Waals surface area (Å²) in [5, 5.41) is 9.99. The van der Waals surface area contributed by atoms with E-state index in [0.717, 1.165) is 35.1 Å². The molecule has 1 amide bonds. The second-order valence-corrected chi connectivity index (χ2v) is 9.52. The van der Waals surface area contributed by atoms with Gasteiger partial charge in [-0.1, -0.05) is 74.5 Å². The molecule has 0 heterocycles. The number of hydrogen-bond donors (Lipinski definition) is 2. The Labute approximate surface area is 220 Å². The Morgan fingerprint density at radius 1 is 1.00 bits per heavy atom. The van der Waals surface area contributed by atoms with E-state index in [1.807, 2.05) is 71.6 Å². The molecule has 1 atom stereocenters. The van der Waals surface area contributed by atoms with Crippen molar-refractivity contribution in [2.75, 3.05) is 26.3 Å². The minimum Gasteiger partial charge on any atom is -0.394 e. The lowest BCUT2D eigenvalue weighted by Gasteiger charge is -2.27. The molecule has 3 rings (SSSR count). The Morgan fingerprint density at radius 2 is 1.68 bits per heavy atom. The van der Waals surface area contributed by atoms with Gasteiger partial charge in [0.05, 0.1) is 31.9 Å². The number of carbonyl (C=O) groups is 1. The van der Waals surface area contributed by atoms with E-state index in [1.54, 1.807) is 6.07 Å². The summed E-state index contributed by atoms with van der Waals surface area (Å²) in [6.45, 7) is 13.3. The minimum atomic E-state index is -0.923. The van der Waals surface area contributed by atoms with Crippen LogP contribution in [-0.2, 0) is 17.8 Å². The standard InChI is InChI=1S/C31H37N3O3/c1-4-15-34(16-5-2)30(36)27-18-25(17-26(19-27)28-13-9-10-14-29(28)33-3)21-37-23-31(32,22-35)20-24-11-7-6-8-12-24/h6-14,17-19,35H,4-5,15-16,20-23,32H2,1-2H3. The van der Waals surface area contributed by atoms with Gasteiger partial charge in [-0.25, -0.2) is 4.85 Å². The Balaban J connectivity index is 1.88. The zero-order chi connectivity index (χ0) is 26.7. The van der Waals surface area contributed by atoms with Crippen molar-refractivity contribution in [1.29, 1.82) is 0 Å². The van der Waals surface area contributed by atoms with Crippen LogP contribution in [0.3, 0.4) is 0 Å². The van der Waals surface area contributed by atoms with Gasteiger partial charge in [0.15, 0.2) is 5.69 Å². The van der Waals surface area contributed by atoms with Crippen LogP contribution in [0.5, 0.6) is 0 Å². The third-order valence-electron chi connectivity index (χ3n) is 6.22. The van der Waals surface area contributed by atoms with Crippen molar-refractivity contribution in [2.45, 2.75) is 45.3 Å². The van der Waals surface area contributed by atoms with Crippen LogP contribution in [0.25, 0.3) is 16.0 Å². The van der Waals surface area contributed by atoms with Gasteiger partial charge in [0.25, 0.3) is 5.91 Å². The molecular weight excluding hydrogens is 462 g/mol. The molecule has 194 valence electrons. The molecule has 6 nitrogen and oxygen atoms in total. The number of para-hydroxylation sites is 1. The average molecular weight is 500 g/mol. The van der Waals surface area contributed by atoms with Crippen molar-refractivity contribution in [3.8, 4) is 11.1 Å². The average Bonchev–Trinajstić information content (AvgIpc) is 2.93. The summed E-state index contributed by atoms with van der Waals surface area (Å²) < 4.78 is 6.02. The molecule has 0 fully saturated rings. The van der Waals surface area contributed by atoms with Gasteiger partial charge >= 0.3 is 0 Å². The maximum Gasteiger partial charge on any atom is 0.253 e. The summed E-state index contributed by atoms with van der Waals surface area (Å²) in [5.41, 5.74) is 10.1. The number of aliphatic hydroxyl groups excluding tert-OH is 1. The first kappa shape index (κ1) is 28.1. The van der Waals surface area contributed by atoms with Crippen LogP contribution in [0.1, 0.15) is 48.2 Å². The highest BCUT2D eigenvalue weighted by Gasteiger charge is 2.25. The summed E-state index contributed by atoms with van der Waals surface area (Å²) in [7, 11) is 0. The highest BCUT2D eigenvalue weighted by Crippen LogP contribution is 2.32. The van der Waals surface area contributed by atoms with Crippen molar-refractivity contribution in [3.63, 3.8) is 0 Å². The fraction of sp³-hybridized carbons (Fsp3) is 0.355. The first-order chi connectivity index (χ1) is 17.9.